The molecule has 0 heterocycles. The van der Waals surface area contributed by atoms with Crippen LogP contribution in [0, 0.1) is 0 Å². The summed E-state index contributed by atoms with van der Waals surface area (Å²) < 4.78 is 42.3. The van der Waals surface area contributed by atoms with Gasteiger partial charge < -0.3 is 0 Å². The normalized spacial score (nSPS) is 13.2. The molecule has 0 aliphatic carbocycles. The van der Waals surface area contributed by atoms with Crippen molar-refractivity contribution in [3.05, 3.63) is 0 Å². The molecular weight excluding hydrogens is 395 g/mol. The fourth-order valence-electron chi connectivity index (χ4n) is 1.98. The van der Waals surface area contributed by atoms with Gasteiger partial charge in [-0.05, 0) is 0 Å². The van der Waals surface area contributed by atoms with Crippen LogP contribution >= 0.6 is 0 Å². The minimum absolute atomic E-state index is 0.391. The van der Waals surface area contributed by atoms with E-state index in [9.17, 15) is 2.81 Å². The molecule has 144 valence electrons. The molecule has 0 saturated carbocycles. The second kappa shape index (κ2) is 15.7. The van der Waals surface area contributed by atoms with Crippen molar-refractivity contribution in [2.24, 2.45) is 0 Å². The van der Waals surface area contributed by atoms with E-state index in [1.165, 1.54) is 0 Å². The number of ether oxygens (including phenoxy) is 3. The van der Waals surface area contributed by atoms with Crippen molar-refractivity contribution in [1.82, 2.24) is 0 Å². The Morgan fingerprint density at radius 1 is 0.917 bits per heavy atom. The van der Waals surface area contributed by atoms with Crippen LogP contribution in [0.1, 0.15) is 72.6 Å². The van der Waals surface area contributed by atoms with E-state index in [1.807, 2.05) is 20.8 Å². The van der Waals surface area contributed by atoms with Gasteiger partial charge in [-0.3, -0.25) is 0 Å². The van der Waals surface area contributed by atoms with Gasteiger partial charge in [-0.1, -0.05) is 0 Å². The van der Waals surface area contributed by atoms with Gasteiger partial charge in [0.1, 0.15) is 0 Å². The molecule has 0 fully saturated rings. The summed E-state index contributed by atoms with van der Waals surface area (Å²) in [5.41, 5.74) is 0. The molecule has 0 saturated heterocycles. The van der Waals surface area contributed by atoms with E-state index < -0.39 is 34.7 Å². The predicted molar refractivity (Wildman–Crippen MR) is 84.5 cm³/mol. The van der Waals surface area contributed by atoms with Crippen molar-refractivity contribution in [3.63, 3.8) is 0 Å². The summed E-state index contributed by atoms with van der Waals surface area (Å²) in [4.78, 5) is 5.22. The van der Waals surface area contributed by atoms with Gasteiger partial charge in [-0.15, -0.1) is 0 Å². The summed E-state index contributed by atoms with van der Waals surface area (Å²) in [5, 5.41) is 0. The maximum absolute atomic E-state index is 11.1. The summed E-state index contributed by atoms with van der Waals surface area (Å²) in [6.45, 7) is 9.42. The van der Waals surface area contributed by atoms with Crippen molar-refractivity contribution >= 4 is 0 Å². The first-order valence-electron chi connectivity index (χ1n) is 9.04. The van der Waals surface area contributed by atoms with Crippen LogP contribution in [0.5, 0.6) is 0 Å². The summed E-state index contributed by atoms with van der Waals surface area (Å²) in [6, 6.07) is 0. The second-order valence-electron chi connectivity index (χ2n) is 5.56. The summed E-state index contributed by atoms with van der Waals surface area (Å²) >= 11 is -4.16. The van der Waals surface area contributed by atoms with Crippen LogP contribution in [0.4, 0.5) is 0 Å². The number of rotatable bonds is 17. The SMILES string of the molecule is CCCCOC(CC)C(OCCCC)(OCCCC)O[O][Zr](=[O])[OH]. The van der Waals surface area contributed by atoms with Gasteiger partial charge in [0.05, 0.1) is 0 Å². The standard InChI is InChI=1S/C16H34O5.H2O.O.Zr/c1-5-9-12-18-15(8-4)16(21-17,19-13-10-6-2)20-14-11-7-3;;;/h15,17H,5-14H2,1-4H3;1H2;;/q;;;+2/p-2. The van der Waals surface area contributed by atoms with Crippen LogP contribution in [0.15, 0.2) is 0 Å². The fraction of sp³-hybridized carbons (Fsp3) is 1.00. The summed E-state index contributed by atoms with van der Waals surface area (Å²) in [6.07, 6.45) is 5.45. The molecule has 0 bridgehead atoms. The van der Waals surface area contributed by atoms with Gasteiger partial charge in [0, 0.05) is 0 Å². The molecule has 0 aliphatic rings. The molecule has 7 nitrogen and oxygen atoms in total. The number of hydrogen-bond acceptors (Lipinski definition) is 6. The average Bonchev–Trinajstić information content (AvgIpc) is 2.57. The van der Waals surface area contributed by atoms with Gasteiger partial charge in [0.25, 0.3) is 0 Å². The third-order valence-corrected chi connectivity index (χ3v) is 3.97. The molecule has 0 amide bonds. The van der Waals surface area contributed by atoms with Gasteiger partial charge >= 0.3 is 155 Å². The predicted octanol–water partition coefficient (Wildman–Crippen LogP) is 3.60. The molecule has 0 aromatic rings. The second-order valence-corrected chi connectivity index (χ2v) is 7.28. The monoisotopic (exact) mass is 428 g/mol. The third kappa shape index (κ3) is 10.4. The van der Waals surface area contributed by atoms with E-state index in [0.29, 0.717) is 26.2 Å². The fourth-order valence-corrected chi connectivity index (χ4v) is 2.44. The molecule has 24 heavy (non-hydrogen) atoms. The quantitative estimate of drug-likeness (QED) is 0.164. The Morgan fingerprint density at radius 3 is 1.83 bits per heavy atom. The summed E-state index contributed by atoms with van der Waals surface area (Å²) in [5.74, 6) is -1.61. The van der Waals surface area contributed by atoms with Crippen LogP contribution in [0.2, 0.25) is 0 Å². The molecule has 0 aliphatic heterocycles. The van der Waals surface area contributed by atoms with E-state index in [1.54, 1.807) is 0 Å². The van der Waals surface area contributed by atoms with Gasteiger partial charge in [0.15, 0.2) is 0 Å². The van der Waals surface area contributed by atoms with E-state index in [4.69, 9.17) is 22.3 Å². The van der Waals surface area contributed by atoms with Crippen LogP contribution in [0.25, 0.3) is 0 Å². The van der Waals surface area contributed by atoms with E-state index >= 15 is 0 Å². The van der Waals surface area contributed by atoms with E-state index in [2.05, 4.69) is 9.89 Å². The van der Waals surface area contributed by atoms with Crippen LogP contribution < -0.4 is 0 Å². The molecule has 0 spiro atoms. The Hall–Kier alpha value is 0.443. The molecule has 0 rings (SSSR count). The Bertz CT molecular complexity index is 305. The molecule has 0 aromatic carbocycles. The number of unbranched alkanes of at least 4 members (excludes halogenated alkanes) is 3. The first-order valence-corrected chi connectivity index (χ1v) is 12.1. The van der Waals surface area contributed by atoms with Gasteiger partial charge in [0.2, 0.25) is 0 Å². The molecule has 1 N–H and O–H groups in total. The molecule has 1 unspecified atom stereocenters. The van der Waals surface area contributed by atoms with Crippen molar-refractivity contribution in [1.29, 1.82) is 0 Å². The van der Waals surface area contributed by atoms with Crippen LogP contribution in [-0.2, 0) is 47.5 Å². The first kappa shape index (κ1) is 24.4. The van der Waals surface area contributed by atoms with E-state index in [0.717, 1.165) is 38.5 Å². The van der Waals surface area contributed by atoms with Crippen LogP contribution in [-0.4, -0.2) is 35.1 Å². The third-order valence-electron chi connectivity index (χ3n) is 3.41. The Kier molecular flexibility index (Phi) is 16.0. The zero-order chi connectivity index (χ0) is 18.3. The van der Waals surface area contributed by atoms with Gasteiger partial charge in [-0.2, -0.15) is 0 Å². The van der Waals surface area contributed by atoms with E-state index in [-0.39, 0.29) is 0 Å². The van der Waals surface area contributed by atoms with Crippen molar-refractivity contribution in [3.8, 4) is 0 Å². The van der Waals surface area contributed by atoms with Crippen molar-refractivity contribution < 1.29 is 50.7 Å². The molecular formula is C16H34O7Zr. The number of hydrogen-bond donors (Lipinski definition) is 1. The van der Waals surface area contributed by atoms with Crippen molar-refractivity contribution in [2.75, 3.05) is 19.8 Å². The Balaban J connectivity index is 5.15. The zero-order valence-electron chi connectivity index (χ0n) is 15.5. The van der Waals surface area contributed by atoms with Gasteiger partial charge in [-0.25, -0.2) is 0 Å². The van der Waals surface area contributed by atoms with Crippen LogP contribution in [0.3, 0.4) is 0 Å². The zero-order valence-corrected chi connectivity index (χ0v) is 18.0. The Labute approximate surface area is 155 Å². The first-order chi connectivity index (χ1) is 11.6. The Morgan fingerprint density at radius 2 is 1.42 bits per heavy atom. The molecule has 0 radical (unpaired) electrons. The average molecular weight is 430 g/mol. The summed E-state index contributed by atoms with van der Waals surface area (Å²) in [7, 11) is 0. The molecule has 0 aromatic heterocycles. The molecule has 1 atom stereocenters. The maximum atomic E-state index is 11.1. The minimum atomic E-state index is -4.16. The molecule has 8 heteroatoms. The topological polar surface area (TPSA) is 83.5 Å². The van der Waals surface area contributed by atoms with Crippen molar-refractivity contribution in [2.45, 2.75) is 84.7 Å².